The summed E-state index contributed by atoms with van der Waals surface area (Å²) in [7, 11) is 0. The first-order valence-corrected chi connectivity index (χ1v) is 5.36. The Balaban J connectivity index is 2.28. The Morgan fingerprint density at radius 2 is 2.00 bits per heavy atom. The van der Waals surface area contributed by atoms with Crippen LogP contribution in [-0.2, 0) is 0 Å². The number of hydrogen-bond acceptors (Lipinski definition) is 3. The molecule has 5 heteroatoms. The minimum Gasteiger partial charge on any atom is -0.304 e. The lowest BCUT2D eigenvalue weighted by atomic mass is 10.2. The van der Waals surface area contributed by atoms with Gasteiger partial charge in [0.15, 0.2) is 5.65 Å². The van der Waals surface area contributed by atoms with Gasteiger partial charge in [0.25, 0.3) is 0 Å². The largest absolute Gasteiger partial charge is 0.332 e. The van der Waals surface area contributed by atoms with Crippen molar-refractivity contribution >= 4 is 11.2 Å². The maximum Gasteiger partial charge on any atom is 0.332 e. The van der Waals surface area contributed by atoms with E-state index >= 15 is 0 Å². The average Bonchev–Trinajstić information content (AvgIpc) is 2.75. The molecule has 0 fully saturated rings. The molecule has 0 aliphatic rings. The van der Waals surface area contributed by atoms with Crippen LogP contribution in [0.3, 0.4) is 0 Å². The van der Waals surface area contributed by atoms with Crippen molar-refractivity contribution in [2.45, 2.75) is 0 Å². The molecule has 1 N–H and O–H groups in total. The zero-order chi connectivity index (χ0) is 12.5. The monoisotopic (exact) mass is 236 g/mol. The maximum atomic E-state index is 11.9. The van der Waals surface area contributed by atoms with Crippen molar-refractivity contribution in [2.75, 3.05) is 0 Å². The van der Waals surface area contributed by atoms with Crippen LogP contribution in [0.5, 0.6) is 0 Å². The van der Waals surface area contributed by atoms with E-state index < -0.39 is 0 Å². The first-order valence-electron chi connectivity index (χ1n) is 5.36. The number of aromatic amines is 1. The molecular formula is C13H8N4O. The van der Waals surface area contributed by atoms with Crippen molar-refractivity contribution < 1.29 is 0 Å². The van der Waals surface area contributed by atoms with Crippen molar-refractivity contribution in [1.82, 2.24) is 14.5 Å². The molecule has 0 amide bonds. The van der Waals surface area contributed by atoms with Gasteiger partial charge in [-0.2, -0.15) is 5.26 Å². The van der Waals surface area contributed by atoms with Crippen molar-refractivity contribution in [3.63, 3.8) is 0 Å². The van der Waals surface area contributed by atoms with Gasteiger partial charge in [0, 0.05) is 6.20 Å². The van der Waals surface area contributed by atoms with E-state index in [2.05, 4.69) is 9.97 Å². The number of rotatable bonds is 1. The molecule has 2 heterocycles. The SMILES string of the molecule is N#Cc1ccc(-n2c(=O)[nH]c3cccnc32)cc1. The van der Waals surface area contributed by atoms with Crippen molar-refractivity contribution in [2.24, 2.45) is 0 Å². The van der Waals surface area contributed by atoms with Crippen LogP contribution in [0, 0.1) is 11.3 Å². The summed E-state index contributed by atoms with van der Waals surface area (Å²) in [6.07, 6.45) is 1.63. The molecule has 2 aromatic heterocycles. The van der Waals surface area contributed by atoms with Gasteiger partial charge < -0.3 is 4.98 Å². The number of H-pyrrole nitrogens is 1. The van der Waals surface area contributed by atoms with E-state index in [1.165, 1.54) is 4.57 Å². The number of nitrogens with zero attached hydrogens (tertiary/aromatic N) is 3. The predicted octanol–water partition coefficient (Wildman–Crippen LogP) is 1.59. The molecule has 0 saturated carbocycles. The highest BCUT2D eigenvalue weighted by Gasteiger charge is 2.08. The number of pyridine rings is 1. The lowest BCUT2D eigenvalue weighted by Gasteiger charge is -2.01. The van der Waals surface area contributed by atoms with Crippen LogP contribution >= 0.6 is 0 Å². The second-order valence-corrected chi connectivity index (χ2v) is 3.80. The van der Waals surface area contributed by atoms with Gasteiger partial charge in [-0.3, -0.25) is 0 Å². The molecule has 86 valence electrons. The molecule has 0 saturated heterocycles. The van der Waals surface area contributed by atoms with Crippen LogP contribution in [0.2, 0.25) is 0 Å². The molecule has 0 radical (unpaired) electrons. The molecule has 3 rings (SSSR count). The Hall–Kier alpha value is -2.87. The summed E-state index contributed by atoms with van der Waals surface area (Å²) in [6, 6.07) is 12.4. The van der Waals surface area contributed by atoms with Gasteiger partial charge in [-0.15, -0.1) is 0 Å². The number of nitrogens with one attached hydrogen (secondary N) is 1. The van der Waals surface area contributed by atoms with Crippen LogP contribution in [0.15, 0.2) is 47.4 Å². The molecule has 18 heavy (non-hydrogen) atoms. The van der Waals surface area contributed by atoms with Crippen molar-refractivity contribution in [3.8, 4) is 11.8 Å². The zero-order valence-corrected chi connectivity index (χ0v) is 9.29. The smallest absolute Gasteiger partial charge is 0.304 e. The molecule has 0 unspecified atom stereocenters. The van der Waals surface area contributed by atoms with Gasteiger partial charge in [0.2, 0.25) is 0 Å². The number of imidazole rings is 1. The number of benzene rings is 1. The first kappa shape index (κ1) is 10.3. The fourth-order valence-electron chi connectivity index (χ4n) is 1.86. The van der Waals surface area contributed by atoms with Gasteiger partial charge in [-0.1, -0.05) is 0 Å². The highest BCUT2D eigenvalue weighted by Crippen LogP contribution is 2.13. The summed E-state index contributed by atoms with van der Waals surface area (Å²) in [5, 5.41) is 8.75. The second kappa shape index (κ2) is 3.86. The predicted molar refractivity (Wildman–Crippen MR) is 66.4 cm³/mol. The summed E-state index contributed by atoms with van der Waals surface area (Å²) in [5.74, 6) is 0. The van der Waals surface area contributed by atoms with Crippen molar-refractivity contribution in [3.05, 3.63) is 58.6 Å². The Labute approximate surface area is 102 Å². The lowest BCUT2D eigenvalue weighted by molar-refractivity contribution is 1.000. The van der Waals surface area contributed by atoms with Gasteiger partial charge in [-0.25, -0.2) is 14.3 Å². The summed E-state index contributed by atoms with van der Waals surface area (Å²) in [4.78, 5) is 18.8. The summed E-state index contributed by atoms with van der Waals surface area (Å²) in [5.41, 5.74) is 2.26. The van der Waals surface area contributed by atoms with Crippen LogP contribution in [0.4, 0.5) is 0 Å². The highest BCUT2D eigenvalue weighted by molar-refractivity contribution is 5.72. The van der Waals surface area contributed by atoms with Crippen LogP contribution in [-0.4, -0.2) is 14.5 Å². The van der Waals surface area contributed by atoms with Crippen LogP contribution in [0.25, 0.3) is 16.9 Å². The molecule has 0 spiro atoms. The lowest BCUT2D eigenvalue weighted by Crippen LogP contribution is -2.14. The van der Waals surface area contributed by atoms with E-state index in [4.69, 9.17) is 5.26 Å². The number of hydrogen-bond donors (Lipinski definition) is 1. The third-order valence-corrected chi connectivity index (χ3v) is 2.70. The van der Waals surface area contributed by atoms with Gasteiger partial charge >= 0.3 is 5.69 Å². The Morgan fingerprint density at radius 3 is 2.72 bits per heavy atom. The molecule has 0 atom stereocenters. The van der Waals surface area contributed by atoms with E-state index in [1.54, 1.807) is 42.6 Å². The molecule has 0 aliphatic heterocycles. The second-order valence-electron chi connectivity index (χ2n) is 3.80. The fourth-order valence-corrected chi connectivity index (χ4v) is 1.86. The highest BCUT2D eigenvalue weighted by atomic mass is 16.1. The molecule has 0 bridgehead atoms. The van der Waals surface area contributed by atoms with Crippen LogP contribution < -0.4 is 5.69 Å². The molecule has 3 aromatic rings. The van der Waals surface area contributed by atoms with E-state index in [1.807, 2.05) is 6.07 Å². The standard InChI is InChI=1S/C13H8N4O/c14-8-9-3-5-10(6-4-9)17-12-11(16-13(17)18)2-1-7-15-12/h1-7H,(H,16,18). The summed E-state index contributed by atoms with van der Waals surface area (Å²) < 4.78 is 1.48. The zero-order valence-electron chi connectivity index (χ0n) is 9.29. The number of nitriles is 1. The third kappa shape index (κ3) is 1.48. The first-order chi connectivity index (χ1) is 8.79. The van der Waals surface area contributed by atoms with Gasteiger partial charge in [-0.05, 0) is 36.4 Å². The van der Waals surface area contributed by atoms with Gasteiger partial charge in [0.05, 0.1) is 22.8 Å². The van der Waals surface area contributed by atoms with E-state index in [9.17, 15) is 4.79 Å². The maximum absolute atomic E-state index is 11.9. The minimum atomic E-state index is -0.242. The third-order valence-electron chi connectivity index (χ3n) is 2.70. The van der Waals surface area contributed by atoms with E-state index in [-0.39, 0.29) is 5.69 Å². The molecule has 5 nitrogen and oxygen atoms in total. The van der Waals surface area contributed by atoms with Crippen LogP contribution in [0.1, 0.15) is 5.56 Å². The number of aromatic nitrogens is 3. The quantitative estimate of drug-likeness (QED) is 0.697. The molecule has 0 aliphatic carbocycles. The number of fused-ring (bicyclic) bond motifs is 1. The summed E-state index contributed by atoms with van der Waals surface area (Å²) in [6.45, 7) is 0. The average molecular weight is 236 g/mol. The molecular weight excluding hydrogens is 228 g/mol. The topological polar surface area (TPSA) is 74.5 Å². The fraction of sp³-hybridized carbons (Fsp3) is 0. The minimum absolute atomic E-state index is 0.242. The van der Waals surface area contributed by atoms with Crippen molar-refractivity contribution in [1.29, 1.82) is 5.26 Å². The Kier molecular flexibility index (Phi) is 2.21. The van der Waals surface area contributed by atoms with E-state index in [0.717, 1.165) is 0 Å². The summed E-state index contributed by atoms with van der Waals surface area (Å²) >= 11 is 0. The van der Waals surface area contributed by atoms with E-state index in [0.29, 0.717) is 22.4 Å². The Bertz CT molecular complexity index is 805. The normalized spacial score (nSPS) is 10.4. The molecule has 1 aromatic carbocycles. The van der Waals surface area contributed by atoms with Gasteiger partial charge in [0.1, 0.15) is 0 Å². The Morgan fingerprint density at radius 1 is 1.22 bits per heavy atom.